The lowest BCUT2D eigenvalue weighted by molar-refractivity contribution is 0.112. The molecule has 39 heavy (non-hydrogen) atoms. The number of aromatic hydroxyl groups is 1. The molecule has 0 saturated carbocycles. The summed E-state index contributed by atoms with van der Waals surface area (Å²) < 4.78 is 9.49. The number of pyridine rings is 2. The normalized spacial score (nSPS) is 21.5. The summed E-state index contributed by atoms with van der Waals surface area (Å²) in [4.78, 5) is 32.2. The number of hydrogen-bond acceptors (Lipinski definition) is 7. The Morgan fingerprint density at radius 1 is 0.923 bits per heavy atom. The van der Waals surface area contributed by atoms with Gasteiger partial charge in [-0.15, -0.1) is 0 Å². The van der Waals surface area contributed by atoms with Gasteiger partial charge in [0.15, 0.2) is 5.75 Å². The quantitative estimate of drug-likeness (QED) is 0.522. The van der Waals surface area contributed by atoms with Crippen LogP contribution in [0, 0.1) is 5.92 Å². The molecule has 1 N–H and O–H groups in total. The number of ether oxygens (including phenoxy) is 1. The Morgan fingerprint density at radius 3 is 2.51 bits per heavy atom. The topological polar surface area (TPSA) is 83.2 Å². The minimum absolute atomic E-state index is 0.0879. The van der Waals surface area contributed by atoms with Crippen molar-refractivity contribution in [3.63, 3.8) is 0 Å². The lowest BCUT2D eigenvalue weighted by Crippen LogP contribution is -2.47. The van der Waals surface area contributed by atoms with Gasteiger partial charge in [0.1, 0.15) is 5.75 Å². The molecule has 9 nitrogen and oxygen atoms in total. The van der Waals surface area contributed by atoms with Crippen molar-refractivity contribution in [2.75, 3.05) is 51.3 Å². The molecule has 9 heteroatoms. The number of piperidine rings is 1. The van der Waals surface area contributed by atoms with Crippen LogP contribution < -0.4 is 20.6 Å². The number of nitrogens with zero attached hydrogens (tertiary/aromatic N) is 5. The van der Waals surface area contributed by atoms with E-state index in [1.165, 1.54) is 0 Å². The first-order chi connectivity index (χ1) is 18.9. The third-order valence-corrected chi connectivity index (χ3v) is 8.75. The number of anilines is 1. The van der Waals surface area contributed by atoms with Crippen LogP contribution in [-0.2, 0) is 26.7 Å². The van der Waals surface area contributed by atoms with Gasteiger partial charge in [0.2, 0.25) is 5.43 Å². The van der Waals surface area contributed by atoms with Crippen LogP contribution in [0.15, 0.2) is 58.1 Å². The summed E-state index contributed by atoms with van der Waals surface area (Å²) in [6.07, 6.45) is 1.10. The Balaban J connectivity index is 1.16. The Labute approximate surface area is 228 Å². The zero-order valence-electron chi connectivity index (χ0n) is 22.8. The molecule has 2 fully saturated rings. The van der Waals surface area contributed by atoms with E-state index in [1.807, 2.05) is 40.4 Å². The first-order valence-corrected chi connectivity index (χ1v) is 13.8. The summed E-state index contributed by atoms with van der Waals surface area (Å²) in [5.41, 5.74) is 3.56. The second kappa shape index (κ2) is 10.5. The van der Waals surface area contributed by atoms with Gasteiger partial charge in [-0.3, -0.25) is 19.4 Å². The summed E-state index contributed by atoms with van der Waals surface area (Å²) in [6.45, 7) is 7.00. The molecule has 2 saturated heterocycles. The fraction of sp³-hybridized carbons (Fsp3) is 0.467. The van der Waals surface area contributed by atoms with Gasteiger partial charge in [0, 0.05) is 95.4 Å². The number of para-hydroxylation sites is 2. The van der Waals surface area contributed by atoms with Crippen molar-refractivity contribution in [1.29, 1.82) is 0 Å². The number of hydrogen-bond donors (Lipinski definition) is 1. The zero-order chi connectivity index (χ0) is 27.1. The Bertz CT molecular complexity index is 1470. The van der Waals surface area contributed by atoms with Crippen LogP contribution in [0.1, 0.15) is 29.4 Å². The van der Waals surface area contributed by atoms with Crippen LogP contribution in [-0.4, -0.2) is 70.4 Å². The maximum Gasteiger partial charge on any atom is 0.250 e. The average molecular weight is 532 g/mol. The number of fused-ring (bicyclic) bond motifs is 4. The van der Waals surface area contributed by atoms with Crippen LogP contribution >= 0.6 is 0 Å². The van der Waals surface area contributed by atoms with E-state index in [0.717, 1.165) is 75.1 Å². The summed E-state index contributed by atoms with van der Waals surface area (Å²) >= 11 is 0. The first-order valence-electron chi connectivity index (χ1n) is 13.8. The summed E-state index contributed by atoms with van der Waals surface area (Å²) in [6, 6.07) is 15.2. The summed E-state index contributed by atoms with van der Waals surface area (Å²) in [5.74, 6) is 1.46. The molecule has 3 aromatic rings. The highest BCUT2D eigenvalue weighted by atomic mass is 16.5. The Morgan fingerprint density at radius 2 is 1.72 bits per heavy atom. The van der Waals surface area contributed by atoms with Gasteiger partial charge in [-0.05, 0) is 30.5 Å². The Hall–Kier alpha value is -3.56. The van der Waals surface area contributed by atoms with Crippen molar-refractivity contribution in [1.82, 2.24) is 18.9 Å². The predicted octanol–water partition coefficient (Wildman–Crippen LogP) is 2.20. The van der Waals surface area contributed by atoms with E-state index in [4.69, 9.17) is 4.74 Å². The molecule has 0 radical (unpaired) electrons. The average Bonchev–Trinajstić information content (AvgIpc) is 2.95. The van der Waals surface area contributed by atoms with E-state index in [9.17, 15) is 14.7 Å². The molecule has 5 heterocycles. The number of rotatable bonds is 6. The lowest BCUT2D eigenvalue weighted by Gasteiger charge is -2.43. The standard InChI is InChI=1S/C30H37N5O4/c1-31-23(19-33-16-21-14-22(18-33)24-7-5-9-29(37)35(24)17-21)15-27(36)30(38)26(31)20-32-10-12-34(13-11-32)25-6-3-4-8-28(25)39-2/h3-9,15,21-22,38H,10-14,16-20H2,1-2H3/t21-,22+/m1/s1. The van der Waals surface area contributed by atoms with Crippen LogP contribution in [0.25, 0.3) is 0 Å². The third kappa shape index (κ3) is 4.96. The molecule has 0 spiro atoms. The molecule has 2 atom stereocenters. The van der Waals surface area contributed by atoms with Crippen LogP contribution in [0.4, 0.5) is 5.69 Å². The molecule has 3 aliphatic heterocycles. The van der Waals surface area contributed by atoms with Crippen LogP contribution in [0.3, 0.4) is 0 Å². The smallest absolute Gasteiger partial charge is 0.250 e. The minimum atomic E-state index is -0.320. The van der Waals surface area contributed by atoms with E-state index in [1.54, 1.807) is 19.2 Å². The van der Waals surface area contributed by atoms with E-state index >= 15 is 0 Å². The molecule has 0 amide bonds. The number of benzene rings is 1. The number of piperazine rings is 1. The largest absolute Gasteiger partial charge is 0.503 e. The molecular formula is C30H37N5O4. The zero-order valence-corrected chi connectivity index (χ0v) is 22.8. The number of methoxy groups -OCH3 is 1. The molecule has 1 aromatic carbocycles. The van der Waals surface area contributed by atoms with Crippen molar-refractivity contribution in [3.05, 3.63) is 86.2 Å². The van der Waals surface area contributed by atoms with Crippen molar-refractivity contribution < 1.29 is 9.84 Å². The van der Waals surface area contributed by atoms with Gasteiger partial charge in [-0.25, -0.2) is 0 Å². The van der Waals surface area contributed by atoms with Crippen LogP contribution in [0.2, 0.25) is 0 Å². The van der Waals surface area contributed by atoms with Gasteiger partial charge < -0.3 is 23.9 Å². The lowest BCUT2D eigenvalue weighted by atomic mass is 9.83. The van der Waals surface area contributed by atoms with E-state index in [-0.39, 0.29) is 16.7 Å². The van der Waals surface area contributed by atoms with Crippen molar-refractivity contribution >= 4 is 5.69 Å². The maximum atomic E-state index is 12.8. The molecule has 0 unspecified atom stereocenters. The Kier molecular flexibility index (Phi) is 6.95. The molecule has 6 rings (SSSR count). The van der Waals surface area contributed by atoms with Gasteiger partial charge in [0.05, 0.1) is 18.5 Å². The van der Waals surface area contributed by atoms with E-state index < -0.39 is 0 Å². The molecule has 2 bridgehead atoms. The highest BCUT2D eigenvalue weighted by Crippen LogP contribution is 2.35. The minimum Gasteiger partial charge on any atom is -0.503 e. The predicted molar refractivity (Wildman–Crippen MR) is 151 cm³/mol. The van der Waals surface area contributed by atoms with Crippen molar-refractivity contribution in [2.45, 2.75) is 32.0 Å². The first kappa shape index (κ1) is 25.7. The second-order valence-corrected chi connectivity index (χ2v) is 11.2. The molecule has 206 valence electrons. The molecule has 3 aliphatic rings. The number of likely N-dealkylation sites (tertiary alicyclic amines) is 1. The number of aromatic nitrogens is 2. The maximum absolute atomic E-state index is 12.8. The van der Waals surface area contributed by atoms with Crippen LogP contribution in [0.5, 0.6) is 11.5 Å². The fourth-order valence-electron chi connectivity index (χ4n) is 6.73. The van der Waals surface area contributed by atoms with Gasteiger partial charge in [0.25, 0.3) is 5.56 Å². The monoisotopic (exact) mass is 531 g/mol. The SMILES string of the molecule is COc1ccccc1N1CCN(Cc2c(O)c(=O)cc(CN3C[C@H]4C[C@@H](C3)c3cccc(=O)n3C4)n2C)CC1. The van der Waals surface area contributed by atoms with Crippen molar-refractivity contribution in [3.8, 4) is 11.5 Å². The van der Waals surface area contributed by atoms with Gasteiger partial charge in [-0.1, -0.05) is 18.2 Å². The molecular weight excluding hydrogens is 494 g/mol. The summed E-state index contributed by atoms with van der Waals surface area (Å²) in [7, 11) is 3.65. The second-order valence-electron chi connectivity index (χ2n) is 11.2. The van der Waals surface area contributed by atoms with E-state index in [0.29, 0.717) is 30.6 Å². The fourth-order valence-corrected chi connectivity index (χ4v) is 6.73. The summed E-state index contributed by atoms with van der Waals surface area (Å²) in [5, 5.41) is 10.8. The van der Waals surface area contributed by atoms with Gasteiger partial charge in [-0.2, -0.15) is 0 Å². The third-order valence-electron chi connectivity index (χ3n) is 8.75. The molecule has 0 aliphatic carbocycles. The highest BCUT2D eigenvalue weighted by Gasteiger charge is 2.34. The van der Waals surface area contributed by atoms with Crippen molar-refractivity contribution in [2.24, 2.45) is 13.0 Å². The highest BCUT2D eigenvalue weighted by molar-refractivity contribution is 5.58. The van der Waals surface area contributed by atoms with Gasteiger partial charge >= 0.3 is 0 Å². The molecule has 2 aromatic heterocycles. The van der Waals surface area contributed by atoms with E-state index in [2.05, 4.69) is 26.8 Å².